The zero-order valence-electron chi connectivity index (χ0n) is 14.8. The molecule has 0 N–H and O–H groups in total. The Labute approximate surface area is 132 Å². The summed E-state index contributed by atoms with van der Waals surface area (Å²) in [5.41, 5.74) is 0. The van der Waals surface area contributed by atoms with Crippen molar-refractivity contribution in [3.8, 4) is 0 Å². The molecule has 0 atom stereocenters. The van der Waals surface area contributed by atoms with Crippen LogP contribution in [0.5, 0.6) is 0 Å². The third-order valence-electron chi connectivity index (χ3n) is 4.27. The van der Waals surface area contributed by atoms with E-state index in [1.54, 1.807) is 13.3 Å². The van der Waals surface area contributed by atoms with Gasteiger partial charge in [-0.15, -0.1) is 0 Å². The first kappa shape index (κ1) is 20.7. The van der Waals surface area contributed by atoms with E-state index < -0.39 is 18.4 Å². The van der Waals surface area contributed by atoms with Crippen LogP contribution >= 0.6 is 0 Å². The van der Waals surface area contributed by atoms with Gasteiger partial charge in [0, 0.05) is 0 Å². The molecule has 0 aliphatic carbocycles. The number of rotatable bonds is 14. The van der Waals surface area contributed by atoms with Crippen molar-refractivity contribution in [2.45, 2.75) is 72.6 Å². The van der Waals surface area contributed by atoms with Crippen LogP contribution in [0.2, 0.25) is 13.3 Å². The fraction of sp³-hybridized carbons (Fsp3) is 1.00. The van der Waals surface area contributed by atoms with Crippen molar-refractivity contribution in [3.05, 3.63) is 0 Å². The normalized spacial score (nSPS) is 12.3. The third kappa shape index (κ3) is 10.4. The topological polar surface area (TPSA) is 12.5 Å². The Balaban J connectivity index is 4.41. The molecular weight excluding hydrogens is 353 g/mol. The van der Waals surface area contributed by atoms with E-state index in [2.05, 4.69) is 39.8 Å². The van der Waals surface area contributed by atoms with Gasteiger partial charge in [-0.05, 0) is 0 Å². The average molecular weight is 392 g/mol. The fourth-order valence-electron chi connectivity index (χ4n) is 2.78. The molecule has 0 aromatic heterocycles. The molecule has 2 nitrogen and oxygen atoms in total. The van der Waals surface area contributed by atoms with Crippen LogP contribution in [0, 0.1) is 0 Å². The second-order valence-electron chi connectivity index (χ2n) is 6.67. The number of unbranched alkanes of at least 4 members (excludes halogenated alkanes) is 3. The van der Waals surface area contributed by atoms with E-state index in [0.717, 1.165) is 13.2 Å². The maximum atomic E-state index is 6.15. The average Bonchev–Trinajstić information content (AvgIpc) is 2.44. The van der Waals surface area contributed by atoms with Gasteiger partial charge in [-0.25, -0.2) is 0 Å². The first-order valence-electron chi connectivity index (χ1n) is 8.82. The minimum atomic E-state index is -2.00. The van der Waals surface area contributed by atoms with E-state index in [4.69, 9.17) is 4.74 Å². The van der Waals surface area contributed by atoms with Crippen LogP contribution in [0.3, 0.4) is 0 Å². The molecule has 20 heavy (non-hydrogen) atoms. The van der Waals surface area contributed by atoms with E-state index >= 15 is 0 Å². The van der Waals surface area contributed by atoms with Crippen molar-refractivity contribution in [1.82, 2.24) is 4.90 Å². The van der Waals surface area contributed by atoms with Crippen molar-refractivity contribution >= 4 is 18.4 Å². The van der Waals surface area contributed by atoms with Gasteiger partial charge in [-0.2, -0.15) is 0 Å². The molecule has 0 unspecified atom stereocenters. The molecule has 0 aromatic rings. The molecule has 0 heterocycles. The number of ether oxygens (including phenoxy) is 1. The van der Waals surface area contributed by atoms with Crippen LogP contribution in [-0.2, 0) is 4.74 Å². The molecule has 0 amide bonds. The van der Waals surface area contributed by atoms with Gasteiger partial charge in [0.25, 0.3) is 0 Å². The van der Waals surface area contributed by atoms with E-state index in [-0.39, 0.29) is 0 Å². The van der Waals surface area contributed by atoms with Crippen LogP contribution in [0.1, 0.15) is 59.3 Å². The van der Waals surface area contributed by atoms with Crippen LogP contribution in [0.4, 0.5) is 0 Å². The fourth-order valence-corrected chi connectivity index (χ4v) is 17.3. The summed E-state index contributed by atoms with van der Waals surface area (Å²) in [6.07, 6.45) is 8.40. The molecule has 122 valence electrons. The molecule has 0 rings (SSSR count). The third-order valence-corrected chi connectivity index (χ3v) is 18.7. The second-order valence-corrected chi connectivity index (χ2v) is 20.3. The van der Waals surface area contributed by atoms with E-state index in [1.165, 1.54) is 43.1 Å². The monoisotopic (exact) mass is 393 g/mol. The van der Waals surface area contributed by atoms with Gasteiger partial charge in [-0.1, -0.05) is 0 Å². The summed E-state index contributed by atoms with van der Waals surface area (Å²) in [6, 6.07) is 0. The Morgan fingerprint density at radius 2 is 1.25 bits per heavy atom. The van der Waals surface area contributed by atoms with Crippen molar-refractivity contribution in [2.75, 3.05) is 31.9 Å². The van der Waals surface area contributed by atoms with E-state index in [0.29, 0.717) is 0 Å². The van der Waals surface area contributed by atoms with Crippen molar-refractivity contribution < 1.29 is 4.74 Å². The Morgan fingerprint density at radius 3 is 1.60 bits per heavy atom. The summed E-state index contributed by atoms with van der Waals surface area (Å²) in [4.78, 5) is 2.22. The molecular formula is C17H39NOSn. The standard InChI is InChI=1S/C5H12NO.3C4H9.Sn/c1-6(2)4-5-7-3;3*1-3-4-2;/h3-5H2,1-2H3;3*1,3-4H2,2H3;. The van der Waals surface area contributed by atoms with Crippen molar-refractivity contribution in [3.63, 3.8) is 0 Å². The van der Waals surface area contributed by atoms with Crippen molar-refractivity contribution in [1.29, 1.82) is 0 Å². The van der Waals surface area contributed by atoms with Gasteiger partial charge in [0.05, 0.1) is 0 Å². The van der Waals surface area contributed by atoms with Crippen LogP contribution in [-0.4, -0.2) is 55.1 Å². The molecule has 0 aliphatic rings. The zero-order valence-corrected chi connectivity index (χ0v) is 17.7. The van der Waals surface area contributed by atoms with Crippen LogP contribution in [0.25, 0.3) is 0 Å². The summed E-state index contributed by atoms with van der Waals surface area (Å²) in [7, 11) is 4.26. The first-order valence-corrected chi connectivity index (χ1v) is 16.9. The van der Waals surface area contributed by atoms with Gasteiger partial charge in [0.15, 0.2) is 0 Å². The van der Waals surface area contributed by atoms with Crippen LogP contribution in [0.15, 0.2) is 0 Å². The van der Waals surface area contributed by atoms with Gasteiger partial charge in [-0.3, -0.25) is 0 Å². The van der Waals surface area contributed by atoms with Gasteiger partial charge >= 0.3 is 132 Å². The minimum absolute atomic E-state index is 0.927. The van der Waals surface area contributed by atoms with Crippen LogP contribution < -0.4 is 0 Å². The predicted octanol–water partition coefficient (Wildman–Crippen LogP) is 4.95. The Kier molecular flexibility index (Phi) is 13.9. The maximum absolute atomic E-state index is 6.15. The molecule has 0 bridgehead atoms. The molecule has 0 spiro atoms. The Morgan fingerprint density at radius 1 is 0.800 bits per heavy atom. The second kappa shape index (κ2) is 13.4. The summed E-state index contributed by atoms with van der Waals surface area (Å²) in [6.45, 7) is 9.00. The quantitative estimate of drug-likeness (QED) is 0.306. The summed E-state index contributed by atoms with van der Waals surface area (Å²) in [5.74, 6) is 0. The Bertz CT molecular complexity index is 187. The molecule has 0 saturated carbocycles. The Hall–Kier alpha value is 0.719. The van der Waals surface area contributed by atoms with Gasteiger partial charge in [0.1, 0.15) is 0 Å². The molecule has 0 fully saturated rings. The molecule has 0 aromatic carbocycles. The summed E-state index contributed by atoms with van der Waals surface area (Å²) < 4.78 is 12.0. The van der Waals surface area contributed by atoms with Crippen molar-refractivity contribution in [2.24, 2.45) is 0 Å². The predicted molar refractivity (Wildman–Crippen MR) is 94.3 cm³/mol. The summed E-state index contributed by atoms with van der Waals surface area (Å²) >= 11 is -2.00. The first-order chi connectivity index (χ1) is 9.60. The number of likely N-dealkylation sites (N-methyl/N-ethyl adjacent to an activating group) is 1. The van der Waals surface area contributed by atoms with Gasteiger partial charge < -0.3 is 0 Å². The molecule has 0 saturated heterocycles. The van der Waals surface area contributed by atoms with E-state index in [1.807, 2.05) is 0 Å². The number of nitrogens with zero attached hydrogens (tertiary/aromatic N) is 1. The zero-order chi connectivity index (χ0) is 15.3. The number of hydrogen-bond acceptors (Lipinski definition) is 2. The summed E-state index contributed by atoms with van der Waals surface area (Å²) in [5, 5.41) is 0. The molecule has 0 aliphatic heterocycles. The number of hydrogen-bond donors (Lipinski definition) is 0. The van der Waals surface area contributed by atoms with E-state index in [9.17, 15) is 0 Å². The molecule has 3 heteroatoms. The van der Waals surface area contributed by atoms with Gasteiger partial charge in [0.2, 0.25) is 0 Å². The SMILES string of the molecule is CCC[CH2][Sn]([CH2]CCC)([CH2]CCC)[CH2]OCCN(C)C. The molecule has 0 radical (unpaired) electrons.